The third-order valence-corrected chi connectivity index (χ3v) is 0.983. The van der Waals surface area contributed by atoms with Crippen LogP contribution < -0.4 is 0 Å². The Bertz CT molecular complexity index is 220. The quantitative estimate of drug-likeness (QED) is 0.544. The molecule has 1 aromatic rings. The van der Waals surface area contributed by atoms with Crippen molar-refractivity contribution in [2.75, 3.05) is 0 Å². The molecule has 0 bridgehead atoms. The van der Waals surface area contributed by atoms with E-state index in [9.17, 15) is 4.79 Å². The van der Waals surface area contributed by atoms with Crippen LogP contribution in [0.25, 0.3) is 0 Å². The van der Waals surface area contributed by atoms with Gasteiger partial charge in [-0.05, 0) is 5.21 Å². The number of hydrogen-bond donors (Lipinski definition) is 0. The smallest absolute Gasteiger partial charge is 0.307 e. The second-order valence-electron chi connectivity index (χ2n) is 1.76. The molecule has 1 rings (SSSR count). The fourth-order valence-corrected chi connectivity index (χ4v) is 0.450. The molecule has 0 saturated heterocycles. The maximum atomic E-state index is 10.6. The molecule has 1 heterocycles. The van der Waals surface area contributed by atoms with Gasteiger partial charge in [0.25, 0.3) is 0 Å². The first-order valence-electron chi connectivity index (χ1n) is 3.12. The van der Waals surface area contributed by atoms with Crippen LogP contribution in [0.3, 0.4) is 0 Å². The van der Waals surface area contributed by atoms with E-state index in [0.717, 1.165) is 4.80 Å². The minimum absolute atomic E-state index is 0.00315. The summed E-state index contributed by atoms with van der Waals surface area (Å²) < 4.78 is 4.67. The lowest BCUT2D eigenvalue weighted by Crippen LogP contribution is -2.10. The molecule has 6 heteroatoms. The van der Waals surface area contributed by atoms with Gasteiger partial charge in [-0.15, -0.1) is 15.0 Å². The fourth-order valence-electron chi connectivity index (χ4n) is 0.450. The standard InChI is InChI=1S/C5H7N4O2/c1-2-5(10)11-4-9-7-3-6-8-9/h2,4H2,1H3. The Labute approximate surface area is 63.1 Å². The van der Waals surface area contributed by atoms with Crippen LogP contribution in [0.5, 0.6) is 0 Å². The molecule has 1 aromatic heterocycles. The molecule has 0 aliphatic rings. The van der Waals surface area contributed by atoms with Crippen molar-refractivity contribution in [3.63, 3.8) is 0 Å². The molecule has 0 amide bonds. The Kier molecular flexibility index (Phi) is 2.53. The highest BCUT2D eigenvalue weighted by Crippen LogP contribution is 1.85. The van der Waals surface area contributed by atoms with Gasteiger partial charge < -0.3 is 4.74 Å². The maximum absolute atomic E-state index is 10.6. The van der Waals surface area contributed by atoms with E-state index in [1.165, 1.54) is 0 Å². The summed E-state index contributed by atoms with van der Waals surface area (Å²) in [4.78, 5) is 11.7. The molecule has 0 atom stereocenters. The van der Waals surface area contributed by atoms with Crippen molar-refractivity contribution in [1.29, 1.82) is 0 Å². The summed E-state index contributed by atoms with van der Waals surface area (Å²) in [5.41, 5.74) is 0. The Hall–Kier alpha value is -1.46. The highest BCUT2D eigenvalue weighted by atomic mass is 16.5. The lowest BCUT2D eigenvalue weighted by molar-refractivity contribution is -0.148. The van der Waals surface area contributed by atoms with Crippen LogP contribution >= 0.6 is 0 Å². The molecule has 0 aliphatic carbocycles. The largest absolute Gasteiger partial charge is 0.441 e. The number of nitrogens with zero attached hydrogens (tertiary/aromatic N) is 4. The van der Waals surface area contributed by atoms with Crippen LogP contribution in [-0.4, -0.2) is 26.2 Å². The molecule has 6 nitrogen and oxygen atoms in total. The third kappa shape index (κ3) is 2.32. The molecule has 0 N–H and O–H groups in total. The van der Waals surface area contributed by atoms with E-state index in [-0.39, 0.29) is 12.7 Å². The molecule has 0 unspecified atom stereocenters. The van der Waals surface area contributed by atoms with Crippen LogP contribution in [0.1, 0.15) is 13.3 Å². The Balaban J connectivity index is 2.29. The first kappa shape index (κ1) is 7.64. The van der Waals surface area contributed by atoms with Crippen molar-refractivity contribution in [2.45, 2.75) is 20.1 Å². The van der Waals surface area contributed by atoms with Crippen molar-refractivity contribution in [3.8, 4) is 0 Å². The van der Waals surface area contributed by atoms with Crippen LogP contribution in [0, 0.1) is 6.33 Å². The predicted octanol–water partition coefficient (Wildman–Crippen LogP) is -0.616. The van der Waals surface area contributed by atoms with Crippen molar-refractivity contribution < 1.29 is 9.53 Å². The summed E-state index contributed by atoms with van der Waals surface area (Å²) in [6.07, 6.45) is 2.58. The van der Waals surface area contributed by atoms with Gasteiger partial charge in [-0.3, -0.25) is 4.79 Å². The topological polar surface area (TPSA) is 69.9 Å². The highest BCUT2D eigenvalue weighted by Gasteiger charge is 1.98. The molecule has 0 fully saturated rings. The van der Waals surface area contributed by atoms with Gasteiger partial charge in [0.15, 0.2) is 0 Å². The van der Waals surface area contributed by atoms with E-state index < -0.39 is 0 Å². The SMILES string of the molecule is CCC(=O)OCn1n[c]nn1. The van der Waals surface area contributed by atoms with Crippen molar-refractivity contribution in [3.05, 3.63) is 6.33 Å². The number of carbonyl (C=O) groups excluding carboxylic acids is 1. The first-order valence-corrected chi connectivity index (χ1v) is 3.12. The Morgan fingerprint density at radius 3 is 3.09 bits per heavy atom. The van der Waals surface area contributed by atoms with E-state index >= 15 is 0 Å². The third-order valence-electron chi connectivity index (χ3n) is 0.983. The van der Waals surface area contributed by atoms with Gasteiger partial charge in [-0.25, -0.2) is 0 Å². The number of ether oxygens (including phenoxy) is 1. The van der Waals surface area contributed by atoms with Crippen LogP contribution in [-0.2, 0) is 16.3 Å². The van der Waals surface area contributed by atoms with E-state index in [2.05, 4.69) is 26.5 Å². The fraction of sp³-hybridized carbons (Fsp3) is 0.600. The molecular formula is C5H7N4O2. The first-order chi connectivity index (χ1) is 5.33. The summed E-state index contributed by atoms with van der Waals surface area (Å²) in [7, 11) is 0. The summed E-state index contributed by atoms with van der Waals surface area (Å²) in [6, 6.07) is 0. The van der Waals surface area contributed by atoms with Crippen LogP contribution in [0.15, 0.2) is 0 Å². The van der Waals surface area contributed by atoms with Gasteiger partial charge >= 0.3 is 5.97 Å². The van der Waals surface area contributed by atoms with E-state index in [4.69, 9.17) is 0 Å². The molecular weight excluding hydrogens is 148 g/mol. The predicted molar refractivity (Wildman–Crippen MR) is 33.0 cm³/mol. The van der Waals surface area contributed by atoms with Crippen molar-refractivity contribution >= 4 is 5.97 Å². The minimum Gasteiger partial charge on any atom is -0.441 e. The number of rotatable bonds is 3. The van der Waals surface area contributed by atoms with E-state index in [1.54, 1.807) is 6.92 Å². The van der Waals surface area contributed by atoms with Gasteiger partial charge in [0, 0.05) is 6.42 Å². The molecule has 11 heavy (non-hydrogen) atoms. The zero-order chi connectivity index (χ0) is 8.10. The van der Waals surface area contributed by atoms with Gasteiger partial charge in [0.05, 0.1) is 0 Å². The van der Waals surface area contributed by atoms with Gasteiger partial charge in [-0.1, -0.05) is 6.92 Å². The molecule has 0 spiro atoms. The summed E-state index contributed by atoms with van der Waals surface area (Å²) in [5, 5.41) is 10.3. The van der Waals surface area contributed by atoms with Crippen molar-refractivity contribution in [1.82, 2.24) is 20.2 Å². The average molecular weight is 155 g/mol. The minimum atomic E-state index is -0.290. The van der Waals surface area contributed by atoms with Gasteiger partial charge in [0.1, 0.15) is 0 Å². The second-order valence-corrected chi connectivity index (χ2v) is 1.76. The monoisotopic (exact) mass is 155 g/mol. The Morgan fingerprint density at radius 1 is 1.73 bits per heavy atom. The maximum Gasteiger partial charge on any atom is 0.307 e. The normalized spacial score (nSPS) is 9.55. The molecule has 59 valence electrons. The number of esters is 1. The highest BCUT2D eigenvalue weighted by molar-refractivity contribution is 5.68. The lowest BCUT2D eigenvalue weighted by Gasteiger charge is -1.99. The summed E-state index contributed by atoms with van der Waals surface area (Å²) >= 11 is 0. The summed E-state index contributed by atoms with van der Waals surface area (Å²) in [6.45, 7) is 1.71. The summed E-state index contributed by atoms with van der Waals surface area (Å²) in [5.74, 6) is -0.290. The molecule has 1 radical (unpaired) electrons. The molecule has 0 saturated carbocycles. The lowest BCUT2D eigenvalue weighted by atomic mass is 10.5. The van der Waals surface area contributed by atoms with Gasteiger partial charge in [-0.2, -0.15) is 0 Å². The molecule has 0 aliphatic heterocycles. The number of hydrogen-bond acceptors (Lipinski definition) is 5. The second kappa shape index (κ2) is 3.65. The zero-order valence-electron chi connectivity index (χ0n) is 6.02. The Morgan fingerprint density at radius 2 is 2.55 bits per heavy atom. The van der Waals surface area contributed by atoms with E-state index in [0.29, 0.717) is 6.42 Å². The van der Waals surface area contributed by atoms with E-state index in [1.807, 2.05) is 0 Å². The van der Waals surface area contributed by atoms with Gasteiger partial charge in [0.2, 0.25) is 13.1 Å². The van der Waals surface area contributed by atoms with Crippen molar-refractivity contribution in [2.24, 2.45) is 0 Å². The number of aromatic nitrogens is 4. The molecule has 0 aromatic carbocycles. The zero-order valence-corrected chi connectivity index (χ0v) is 6.02. The van der Waals surface area contributed by atoms with Crippen LogP contribution in [0.2, 0.25) is 0 Å². The number of tetrazole rings is 1. The van der Waals surface area contributed by atoms with Crippen LogP contribution in [0.4, 0.5) is 0 Å². The average Bonchev–Trinajstić information content (AvgIpc) is 2.52. The number of carbonyl (C=O) groups is 1.